The number of fused-ring (bicyclic) bond motifs is 1. The van der Waals surface area contributed by atoms with Gasteiger partial charge in [0.2, 0.25) is 0 Å². The van der Waals surface area contributed by atoms with Gasteiger partial charge in [0.25, 0.3) is 0 Å². The van der Waals surface area contributed by atoms with Crippen LogP contribution in [0, 0.1) is 0 Å². The average molecular weight is 253 g/mol. The summed E-state index contributed by atoms with van der Waals surface area (Å²) in [6, 6.07) is 4.26. The van der Waals surface area contributed by atoms with Crippen LogP contribution in [0.3, 0.4) is 0 Å². The fourth-order valence-corrected chi connectivity index (χ4v) is 2.45. The van der Waals surface area contributed by atoms with Gasteiger partial charge in [-0.1, -0.05) is 0 Å². The minimum Gasteiger partial charge on any atom is -0.486 e. The van der Waals surface area contributed by atoms with E-state index in [-0.39, 0.29) is 0 Å². The van der Waals surface area contributed by atoms with Crippen molar-refractivity contribution in [1.29, 1.82) is 0 Å². The average Bonchev–Trinajstić information content (AvgIpc) is 2.38. The van der Waals surface area contributed by atoms with Gasteiger partial charge in [0.15, 0.2) is 11.5 Å². The molecule has 1 aliphatic rings. The SMILES string of the molecule is CSc1cc(CCCCN)c2c(c1)OCCO2. The van der Waals surface area contributed by atoms with Crippen molar-refractivity contribution in [3.8, 4) is 11.5 Å². The predicted molar refractivity (Wildman–Crippen MR) is 71.2 cm³/mol. The molecule has 0 fully saturated rings. The lowest BCUT2D eigenvalue weighted by Gasteiger charge is -2.22. The molecule has 0 aliphatic carbocycles. The number of aryl methyl sites for hydroxylation is 1. The Morgan fingerprint density at radius 3 is 2.82 bits per heavy atom. The van der Waals surface area contributed by atoms with Gasteiger partial charge in [-0.3, -0.25) is 0 Å². The first kappa shape index (κ1) is 12.6. The normalized spacial score (nSPS) is 13.8. The lowest BCUT2D eigenvalue weighted by Crippen LogP contribution is -2.16. The third kappa shape index (κ3) is 3.07. The summed E-state index contributed by atoms with van der Waals surface area (Å²) in [5, 5.41) is 0. The number of thioether (sulfide) groups is 1. The van der Waals surface area contributed by atoms with Gasteiger partial charge in [0.1, 0.15) is 13.2 Å². The standard InChI is InChI=1S/C13H19NO2S/c1-17-11-8-10(4-2-3-5-14)13-12(9-11)15-6-7-16-13/h8-9H,2-7,14H2,1H3. The zero-order valence-electron chi connectivity index (χ0n) is 10.2. The molecule has 17 heavy (non-hydrogen) atoms. The van der Waals surface area contributed by atoms with Gasteiger partial charge in [-0.05, 0) is 49.8 Å². The van der Waals surface area contributed by atoms with Crippen molar-refractivity contribution in [2.75, 3.05) is 26.0 Å². The van der Waals surface area contributed by atoms with Crippen LogP contribution in [0.1, 0.15) is 18.4 Å². The molecule has 1 aliphatic heterocycles. The zero-order chi connectivity index (χ0) is 12.1. The van der Waals surface area contributed by atoms with Crippen molar-refractivity contribution in [2.24, 2.45) is 5.73 Å². The Morgan fingerprint density at radius 1 is 1.24 bits per heavy atom. The van der Waals surface area contributed by atoms with Crippen molar-refractivity contribution in [2.45, 2.75) is 24.2 Å². The van der Waals surface area contributed by atoms with E-state index >= 15 is 0 Å². The summed E-state index contributed by atoms with van der Waals surface area (Å²) < 4.78 is 11.4. The Morgan fingerprint density at radius 2 is 2.06 bits per heavy atom. The lowest BCUT2D eigenvalue weighted by molar-refractivity contribution is 0.169. The Hall–Kier alpha value is -0.870. The molecule has 94 valence electrons. The van der Waals surface area contributed by atoms with E-state index in [2.05, 4.69) is 18.4 Å². The maximum atomic E-state index is 5.72. The number of rotatable bonds is 5. The first-order valence-electron chi connectivity index (χ1n) is 6.01. The highest BCUT2D eigenvalue weighted by atomic mass is 32.2. The molecule has 0 aromatic heterocycles. The fraction of sp³-hybridized carbons (Fsp3) is 0.538. The third-order valence-electron chi connectivity index (χ3n) is 2.83. The van der Waals surface area contributed by atoms with Crippen LogP contribution in [0.25, 0.3) is 0 Å². The molecule has 0 unspecified atom stereocenters. The number of hydrogen-bond donors (Lipinski definition) is 1. The minimum absolute atomic E-state index is 0.646. The Labute approximate surface area is 107 Å². The molecule has 2 N–H and O–H groups in total. The quantitative estimate of drug-likeness (QED) is 0.646. The molecule has 1 aromatic carbocycles. The molecule has 0 atom stereocenters. The molecule has 2 rings (SSSR count). The molecular formula is C13H19NO2S. The molecule has 0 bridgehead atoms. The minimum atomic E-state index is 0.646. The van der Waals surface area contributed by atoms with Gasteiger partial charge < -0.3 is 15.2 Å². The summed E-state index contributed by atoms with van der Waals surface area (Å²) in [7, 11) is 0. The highest BCUT2D eigenvalue weighted by Gasteiger charge is 2.17. The Kier molecular flexibility index (Phi) is 4.57. The summed E-state index contributed by atoms with van der Waals surface area (Å²) in [6.45, 7) is 2.05. The van der Waals surface area contributed by atoms with Gasteiger partial charge in [-0.25, -0.2) is 0 Å². The molecule has 3 nitrogen and oxygen atoms in total. The van der Waals surface area contributed by atoms with Crippen LogP contribution in [0.15, 0.2) is 17.0 Å². The van der Waals surface area contributed by atoms with E-state index in [1.54, 1.807) is 11.8 Å². The van der Waals surface area contributed by atoms with Crippen LogP contribution in [0.5, 0.6) is 11.5 Å². The molecule has 0 saturated heterocycles. The number of unbranched alkanes of at least 4 members (excludes halogenated alkanes) is 1. The van der Waals surface area contributed by atoms with Gasteiger partial charge >= 0.3 is 0 Å². The number of hydrogen-bond acceptors (Lipinski definition) is 4. The highest BCUT2D eigenvalue weighted by Crippen LogP contribution is 2.38. The molecule has 0 spiro atoms. The zero-order valence-corrected chi connectivity index (χ0v) is 11.0. The fourth-order valence-electron chi connectivity index (χ4n) is 1.96. The van der Waals surface area contributed by atoms with Gasteiger partial charge in [0, 0.05) is 4.90 Å². The summed E-state index contributed by atoms with van der Waals surface area (Å²) in [5.41, 5.74) is 6.78. The maximum absolute atomic E-state index is 5.72. The van der Waals surface area contributed by atoms with Crippen molar-refractivity contribution in [1.82, 2.24) is 0 Å². The molecule has 0 radical (unpaired) electrons. The number of ether oxygens (including phenoxy) is 2. The second-order valence-electron chi connectivity index (χ2n) is 4.06. The Balaban J connectivity index is 2.21. The molecule has 1 aromatic rings. The van der Waals surface area contributed by atoms with Crippen LogP contribution >= 0.6 is 11.8 Å². The van der Waals surface area contributed by atoms with Crippen LogP contribution < -0.4 is 15.2 Å². The predicted octanol–water partition coefficient (Wildman–Crippen LogP) is 2.46. The molecule has 1 heterocycles. The summed E-state index contributed by atoms with van der Waals surface area (Å²) in [6.07, 6.45) is 5.25. The number of nitrogens with two attached hydrogens (primary N) is 1. The smallest absolute Gasteiger partial charge is 0.164 e. The van der Waals surface area contributed by atoms with Gasteiger partial charge in [-0.2, -0.15) is 0 Å². The maximum Gasteiger partial charge on any atom is 0.164 e. The van der Waals surface area contributed by atoms with E-state index in [1.165, 1.54) is 10.5 Å². The van der Waals surface area contributed by atoms with Crippen molar-refractivity contribution in [3.05, 3.63) is 17.7 Å². The molecule has 0 amide bonds. The van der Waals surface area contributed by atoms with Crippen LogP contribution in [0.2, 0.25) is 0 Å². The lowest BCUT2D eigenvalue weighted by atomic mass is 10.1. The monoisotopic (exact) mass is 253 g/mol. The van der Waals surface area contributed by atoms with E-state index in [9.17, 15) is 0 Å². The van der Waals surface area contributed by atoms with Crippen molar-refractivity contribution >= 4 is 11.8 Å². The third-order valence-corrected chi connectivity index (χ3v) is 3.54. The van der Waals surface area contributed by atoms with Gasteiger partial charge in [0.05, 0.1) is 0 Å². The Bertz CT molecular complexity index is 382. The number of benzene rings is 1. The molecule has 4 heteroatoms. The molecular weight excluding hydrogens is 234 g/mol. The van der Waals surface area contributed by atoms with E-state index in [0.29, 0.717) is 13.2 Å². The van der Waals surface area contributed by atoms with Crippen molar-refractivity contribution in [3.63, 3.8) is 0 Å². The van der Waals surface area contributed by atoms with Crippen LogP contribution in [0.4, 0.5) is 0 Å². The highest BCUT2D eigenvalue weighted by molar-refractivity contribution is 7.98. The first-order chi connectivity index (χ1) is 8.35. The van der Waals surface area contributed by atoms with Crippen LogP contribution in [-0.2, 0) is 6.42 Å². The molecule has 0 saturated carbocycles. The topological polar surface area (TPSA) is 44.5 Å². The van der Waals surface area contributed by atoms with E-state index in [0.717, 1.165) is 37.3 Å². The first-order valence-corrected chi connectivity index (χ1v) is 7.24. The van der Waals surface area contributed by atoms with E-state index in [4.69, 9.17) is 15.2 Å². The van der Waals surface area contributed by atoms with E-state index < -0.39 is 0 Å². The largest absolute Gasteiger partial charge is 0.486 e. The van der Waals surface area contributed by atoms with Crippen LogP contribution in [-0.4, -0.2) is 26.0 Å². The van der Waals surface area contributed by atoms with Crippen molar-refractivity contribution < 1.29 is 9.47 Å². The summed E-state index contributed by atoms with van der Waals surface area (Å²) in [4.78, 5) is 1.23. The summed E-state index contributed by atoms with van der Waals surface area (Å²) >= 11 is 1.73. The second-order valence-corrected chi connectivity index (χ2v) is 4.94. The van der Waals surface area contributed by atoms with Gasteiger partial charge in [-0.15, -0.1) is 11.8 Å². The second kappa shape index (κ2) is 6.17. The summed E-state index contributed by atoms with van der Waals surface area (Å²) in [5.74, 6) is 1.83. The van der Waals surface area contributed by atoms with E-state index in [1.807, 2.05) is 0 Å².